The molecule has 0 radical (unpaired) electrons. The Kier molecular flexibility index (Phi) is 5.50. The summed E-state index contributed by atoms with van der Waals surface area (Å²) in [6.07, 6.45) is 6.75. The van der Waals surface area contributed by atoms with Crippen LogP contribution < -0.4 is 0 Å². The van der Waals surface area contributed by atoms with Crippen molar-refractivity contribution in [3.05, 3.63) is 35.5 Å². The summed E-state index contributed by atoms with van der Waals surface area (Å²) in [6.45, 7) is 3.44. The number of aryl methyl sites for hydroxylation is 2. The number of carbonyl (C=O) groups excluding carboxylic acids is 1. The second-order valence-corrected chi connectivity index (χ2v) is 6.28. The highest BCUT2D eigenvalue weighted by Gasteiger charge is 2.39. The van der Waals surface area contributed by atoms with Crippen LogP contribution in [0.3, 0.4) is 0 Å². The van der Waals surface area contributed by atoms with Crippen molar-refractivity contribution in [1.82, 2.24) is 19.8 Å². The second kappa shape index (κ2) is 7.79. The molecule has 1 aliphatic rings. The third kappa shape index (κ3) is 3.91. The maximum atomic E-state index is 12.9. The highest BCUT2D eigenvalue weighted by atomic mass is 16.5. The van der Waals surface area contributed by atoms with Crippen LogP contribution in [0, 0.1) is 6.92 Å². The Morgan fingerprint density at radius 1 is 1.40 bits per heavy atom. The lowest BCUT2D eigenvalue weighted by molar-refractivity contribution is 0.000470. The van der Waals surface area contributed by atoms with E-state index in [1.807, 2.05) is 24.3 Å². The van der Waals surface area contributed by atoms with Crippen molar-refractivity contribution in [2.45, 2.75) is 31.9 Å². The summed E-state index contributed by atoms with van der Waals surface area (Å²) in [6, 6.07) is -0.0529. The van der Waals surface area contributed by atoms with Gasteiger partial charge in [-0.25, -0.2) is 0 Å². The predicted molar refractivity (Wildman–Crippen MR) is 89.2 cm³/mol. The van der Waals surface area contributed by atoms with Crippen LogP contribution in [0.2, 0.25) is 0 Å². The fourth-order valence-electron chi connectivity index (χ4n) is 3.27. The zero-order valence-electron chi connectivity index (χ0n) is 14.8. The first-order valence-corrected chi connectivity index (χ1v) is 8.40. The minimum atomic E-state index is -0.0644. The number of ether oxygens (including phenoxy) is 2. The predicted octanol–water partition coefficient (Wildman–Crippen LogP) is 1.21. The first kappa shape index (κ1) is 17.6. The standard InChI is InChI=1S/C17H24N4O4/c1-12-14(10-19-25-12)17(22)21-5-4-16(24-7-6-23-3)15(21)8-13-9-18-20(2)11-13/h9-11,15-16H,4-8H2,1-3H3/t15-,16-/m0/s1. The van der Waals surface area contributed by atoms with Crippen LogP contribution in [-0.4, -0.2) is 64.8 Å². The molecule has 25 heavy (non-hydrogen) atoms. The van der Waals surface area contributed by atoms with Gasteiger partial charge in [-0.1, -0.05) is 5.16 Å². The van der Waals surface area contributed by atoms with Crippen LogP contribution in [-0.2, 0) is 22.9 Å². The molecule has 1 amide bonds. The van der Waals surface area contributed by atoms with Crippen LogP contribution in [0.5, 0.6) is 0 Å². The van der Waals surface area contributed by atoms with Gasteiger partial charge in [-0.3, -0.25) is 9.48 Å². The van der Waals surface area contributed by atoms with Crippen molar-refractivity contribution in [1.29, 1.82) is 0 Å². The van der Waals surface area contributed by atoms with E-state index in [2.05, 4.69) is 10.3 Å². The maximum absolute atomic E-state index is 12.9. The molecule has 2 atom stereocenters. The molecule has 0 saturated carbocycles. The molecule has 8 heteroatoms. The molecule has 2 aromatic rings. The Bertz CT molecular complexity index is 711. The number of rotatable bonds is 7. The smallest absolute Gasteiger partial charge is 0.259 e. The molecular formula is C17H24N4O4. The SMILES string of the molecule is COCCO[C@H]1CCN(C(=O)c2cnoc2C)[C@H]1Cc1cnn(C)c1. The fourth-order valence-corrected chi connectivity index (χ4v) is 3.27. The topological polar surface area (TPSA) is 82.6 Å². The number of hydrogen-bond acceptors (Lipinski definition) is 6. The molecule has 0 aliphatic carbocycles. The molecule has 0 bridgehead atoms. The Morgan fingerprint density at radius 2 is 2.24 bits per heavy atom. The Hall–Kier alpha value is -2.19. The highest BCUT2D eigenvalue weighted by Crippen LogP contribution is 2.27. The summed E-state index contributed by atoms with van der Waals surface area (Å²) in [5, 5.41) is 7.94. The van der Waals surface area contributed by atoms with Crippen LogP contribution >= 0.6 is 0 Å². The minimum absolute atomic E-state index is 0.0283. The van der Waals surface area contributed by atoms with Crippen molar-refractivity contribution in [3.8, 4) is 0 Å². The van der Waals surface area contributed by atoms with Gasteiger partial charge in [-0.2, -0.15) is 5.10 Å². The Labute approximate surface area is 146 Å². The third-order valence-electron chi connectivity index (χ3n) is 4.55. The molecule has 0 aromatic carbocycles. The molecule has 3 rings (SSSR count). The Balaban J connectivity index is 1.77. The molecule has 2 aromatic heterocycles. The fraction of sp³-hybridized carbons (Fsp3) is 0.588. The first-order chi connectivity index (χ1) is 12.1. The van der Waals surface area contributed by atoms with E-state index in [-0.39, 0.29) is 18.1 Å². The molecule has 1 aliphatic heterocycles. The monoisotopic (exact) mass is 348 g/mol. The van der Waals surface area contributed by atoms with Gasteiger partial charge in [0.15, 0.2) is 0 Å². The normalized spacial score (nSPS) is 20.4. The maximum Gasteiger partial charge on any atom is 0.259 e. The number of likely N-dealkylation sites (tertiary alicyclic amines) is 1. The van der Waals surface area contributed by atoms with Crippen LogP contribution in [0.25, 0.3) is 0 Å². The van der Waals surface area contributed by atoms with Gasteiger partial charge in [-0.15, -0.1) is 0 Å². The van der Waals surface area contributed by atoms with Gasteiger partial charge in [0.25, 0.3) is 5.91 Å². The summed E-state index contributed by atoms with van der Waals surface area (Å²) in [7, 11) is 3.53. The van der Waals surface area contributed by atoms with Crippen molar-refractivity contribution in [2.75, 3.05) is 26.9 Å². The van der Waals surface area contributed by atoms with Gasteiger partial charge >= 0.3 is 0 Å². The number of methoxy groups -OCH3 is 1. The molecular weight excluding hydrogens is 324 g/mol. The van der Waals surface area contributed by atoms with Crippen molar-refractivity contribution in [2.24, 2.45) is 7.05 Å². The number of amides is 1. The van der Waals surface area contributed by atoms with Crippen LogP contribution in [0.4, 0.5) is 0 Å². The molecule has 0 N–H and O–H groups in total. The van der Waals surface area contributed by atoms with E-state index < -0.39 is 0 Å². The number of aromatic nitrogens is 3. The van der Waals surface area contributed by atoms with Crippen LogP contribution in [0.15, 0.2) is 23.1 Å². The highest BCUT2D eigenvalue weighted by molar-refractivity contribution is 5.95. The van der Waals surface area contributed by atoms with E-state index in [4.69, 9.17) is 14.0 Å². The first-order valence-electron chi connectivity index (χ1n) is 8.40. The van der Waals surface area contributed by atoms with Crippen LogP contribution in [0.1, 0.15) is 28.1 Å². The van der Waals surface area contributed by atoms with E-state index in [0.717, 1.165) is 12.0 Å². The average Bonchev–Trinajstić information content (AvgIpc) is 3.29. The van der Waals surface area contributed by atoms with Gasteiger partial charge in [-0.05, 0) is 25.3 Å². The summed E-state index contributed by atoms with van der Waals surface area (Å²) in [4.78, 5) is 14.8. The largest absolute Gasteiger partial charge is 0.382 e. The lowest BCUT2D eigenvalue weighted by Crippen LogP contribution is -2.42. The average molecular weight is 348 g/mol. The molecule has 136 valence electrons. The van der Waals surface area contributed by atoms with Gasteiger partial charge in [0.05, 0.1) is 37.8 Å². The molecule has 8 nitrogen and oxygen atoms in total. The zero-order chi connectivity index (χ0) is 17.8. The molecule has 1 saturated heterocycles. The molecule has 3 heterocycles. The number of hydrogen-bond donors (Lipinski definition) is 0. The lowest BCUT2D eigenvalue weighted by atomic mass is 10.0. The van der Waals surface area contributed by atoms with E-state index >= 15 is 0 Å². The van der Waals surface area contributed by atoms with Gasteiger partial charge in [0, 0.05) is 26.9 Å². The van der Waals surface area contributed by atoms with E-state index in [1.165, 1.54) is 6.20 Å². The second-order valence-electron chi connectivity index (χ2n) is 6.28. The molecule has 0 unspecified atom stereocenters. The summed E-state index contributed by atoms with van der Waals surface area (Å²) in [5.74, 6) is 0.472. The van der Waals surface area contributed by atoms with Crippen molar-refractivity contribution >= 4 is 5.91 Å². The quantitative estimate of drug-likeness (QED) is 0.700. The number of carbonyl (C=O) groups is 1. The lowest BCUT2D eigenvalue weighted by Gasteiger charge is -2.28. The minimum Gasteiger partial charge on any atom is -0.382 e. The molecule has 0 spiro atoms. The van der Waals surface area contributed by atoms with Gasteiger partial charge < -0.3 is 18.9 Å². The van der Waals surface area contributed by atoms with Gasteiger partial charge in [0.1, 0.15) is 11.3 Å². The van der Waals surface area contributed by atoms with Gasteiger partial charge in [0.2, 0.25) is 0 Å². The van der Waals surface area contributed by atoms with Crippen molar-refractivity contribution in [3.63, 3.8) is 0 Å². The molecule has 1 fully saturated rings. The summed E-state index contributed by atoms with van der Waals surface area (Å²) in [5.41, 5.74) is 1.59. The van der Waals surface area contributed by atoms with E-state index in [0.29, 0.717) is 37.5 Å². The summed E-state index contributed by atoms with van der Waals surface area (Å²) < 4.78 is 17.9. The van der Waals surface area contributed by atoms with E-state index in [9.17, 15) is 4.79 Å². The van der Waals surface area contributed by atoms with Crippen molar-refractivity contribution < 1.29 is 18.8 Å². The number of nitrogens with zero attached hydrogens (tertiary/aromatic N) is 4. The zero-order valence-corrected chi connectivity index (χ0v) is 14.8. The van der Waals surface area contributed by atoms with E-state index in [1.54, 1.807) is 18.7 Å². The summed E-state index contributed by atoms with van der Waals surface area (Å²) >= 11 is 0. The third-order valence-corrected chi connectivity index (χ3v) is 4.55. The Morgan fingerprint density at radius 3 is 2.88 bits per heavy atom.